The highest BCUT2D eigenvalue weighted by Gasteiger charge is 2.54. The minimum absolute atomic E-state index is 0.0383. The predicted octanol–water partition coefficient (Wildman–Crippen LogP) is 2.42. The van der Waals surface area contributed by atoms with Crippen molar-refractivity contribution in [2.75, 3.05) is 16.5 Å². The summed E-state index contributed by atoms with van der Waals surface area (Å²) in [5, 5.41) is 1.93. The van der Waals surface area contributed by atoms with Crippen LogP contribution in [0.4, 0.5) is 11.4 Å². The minimum atomic E-state index is -0.995. The molecule has 142 valence electrons. The number of esters is 1. The summed E-state index contributed by atoms with van der Waals surface area (Å²) in [5.74, 6) is -1.71. The first-order chi connectivity index (χ1) is 13.5. The van der Waals surface area contributed by atoms with Gasteiger partial charge in [0.1, 0.15) is 0 Å². The maximum Gasteiger partial charge on any atom is 0.356 e. The Kier molecular flexibility index (Phi) is 4.52. The normalized spacial score (nSPS) is 18.4. The number of amides is 2. The van der Waals surface area contributed by atoms with Crippen molar-refractivity contribution in [2.45, 2.75) is 13.0 Å². The Morgan fingerprint density at radius 3 is 2.50 bits per heavy atom. The molecule has 7 nitrogen and oxygen atoms in total. The second-order valence-electron chi connectivity index (χ2n) is 6.19. The average molecular weight is 398 g/mol. The number of para-hydroxylation sites is 1. The summed E-state index contributed by atoms with van der Waals surface area (Å²) in [7, 11) is 0. The largest absolute Gasteiger partial charge is 0.461 e. The molecule has 1 saturated heterocycles. The second-order valence-corrected chi connectivity index (χ2v) is 6.62. The second kappa shape index (κ2) is 7.01. The number of anilines is 2. The van der Waals surface area contributed by atoms with Gasteiger partial charge in [-0.3, -0.25) is 20.0 Å². The standard InChI is InChI=1S/C20H16ClN3O4/c1-2-28-20(27)16-15-17(24(22-16)14-10-6-7-12(21)11-14)19(26)23(18(15)25)13-8-4-3-5-9-13/h3-11,17,22H,2H2,1H3/t17-/m1/s1. The molecular weight excluding hydrogens is 382 g/mol. The maximum absolute atomic E-state index is 13.2. The fourth-order valence-electron chi connectivity index (χ4n) is 3.33. The molecule has 8 heteroatoms. The monoisotopic (exact) mass is 397 g/mol. The van der Waals surface area contributed by atoms with E-state index in [1.165, 1.54) is 5.01 Å². The van der Waals surface area contributed by atoms with Gasteiger partial charge in [-0.2, -0.15) is 0 Å². The summed E-state index contributed by atoms with van der Waals surface area (Å²) in [4.78, 5) is 39.8. The lowest BCUT2D eigenvalue weighted by molar-refractivity contribution is -0.139. The van der Waals surface area contributed by atoms with Crippen LogP contribution in [0, 0.1) is 0 Å². The van der Waals surface area contributed by atoms with Gasteiger partial charge in [-0.25, -0.2) is 9.69 Å². The number of hydrazine groups is 1. The van der Waals surface area contributed by atoms with Gasteiger partial charge in [0.25, 0.3) is 11.8 Å². The molecule has 0 spiro atoms. The number of imide groups is 1. The lowest BCUT2D eigenvalue weighted by Crippen LogP contribution is -2.46. The molecule has 0 saturated carbocycles. The fraction of sp³-hybridized carbons (Fsp3) is 0.150. The highest BCUT2D eigenvalue weighted by Crippen LogP contribution is 2.37. The Morgan fingerprint density at radius 2 is 1.82 bits per heavy atom. The molecule has 2 aliphatic heterocycles. The SMILES string of the molecule is CCOC(=O)C1=C2C(=O)N(c3ccccc3)C(=O)[C@@H]2N(c2cccc(Cl)c2)N1. The van der Waals surface area contributed by atoms with Crippen molar-refractivity contribution in [2.24, 2.45) is 0 Å². The molecule has 0 aromatic heterocycles. The zero-order chi connectivity index (χ0) is 19.8. The molecule has 0 radical (unpaired) electrons. The highest BCUT2D eigenvalue weighted by atomic mass is 35.5. The number of rotatable bonds is 4. The summed E-state index contributed by atoms with van der Waals surface area (Å²) >= 11 is 6.08. The van der Waals surface area contributed by atoms with E-state index in [1.807, 2.05) is 0 Å². The number of hydrogen-bond donors (Lipinski definition) is 1. The van der Waals surface area contributed by atoms with Gasteiger partial charge in [0.15, 0.2) is 11.7 Å². The summed E-state index contributed by atoms with van der Waals surface area (Å²) < 4.78 is 5.07. The molecule has 28 heavy (non-hydrogen) atoms. The molecule has 2 aliphatic rings. The van der Waals surface area contributed by atoms with Crippen molar-refractivity contribution >= 4 is 40.8 Å². The summed E-state index contributed by atoms with van der Waals surface area (Å²) in [5.41, 5.74) is 3.87. The highest BCUT2D eigenvalue weighted by molar-refractivity contribution is 6.34. The van der Waals surface area contributed by atoms with E-state index in [2.05, 4.69) is 5.43 Å². The van der Waals surface area contributed by atoms with Gasteiger partial charge >= 0.3 is 5.97 Å². The summed E-state index contributed by atoms with van der Waals surface area (Å²) in [6.45, 7) is 1.81. The molecular formula is C20H16ClN3O4. The molecule has 4 rings (SSSR count). The van der Waals surface area contributed by atoms with Crippen LogP contribution >= 0.6 is 11.6 Å². The van der Waals surface area contributed by atoms with Crippen molar-refractivity contribution in [3.05, 3.63) is 70.9 Å². The molecule has 2 amide bonds. The summed E-state index contributed by atoms with van der Waals surface area (Å²) in [6, 6.07) is 14.4. The lowest BCUT2D eigenvalue weighted by Gasteiger charge is -2.26. The number of benzene rings is 2. The van der Waals surface area contributed by atoms with Crippen LogP contribution < -0.4 is 15.3 Å². The molecule has 1 N–H and O–H groups in total. The van der Waals surface area contributed by atoms with E-state index in [1.54, 1.807) is 61.5 Å². The number of hydrogen-bond acceptors (Lipinski definition) is 6. The molecule has 1 atom stereocenters. The van der Waals surface area contributed by atoms with Crippen molar-refractivity contribution in [1.82, 2.24) is 5.43 Å². The number of halogens is 1. The molecule has 2 heterocycles. The van der Waals surface area contributed by atoms with Gasteiger partial charge in [0.05, 0.1) is 23.6 Å². The van der Waals surface area contributed by atoms with Crippen LogP contribution in [0.15, 0.2) is 65.9 Å². The van der Waals surface area contributed by atoms with E-state index in [0.29, 0.717) is 16.4 Å². The minimum Gasteiger partial charge on any atom is -0.461 e. The van der Waals surface area contributed by atoms with Crippen LogP contribution in [0.2, 0.25) is 5.02 Å². The van der Waals surface area contributed by atoms with E-state index in [9.17, 15) is 14.4 Å². The predicted molar refractivity (Wildman–Crippen MR) is 103 cm³/mol. The number of fused-ring (bicyclic) bond motifs is 1. The third kappa shape index (κ3) is 2.80. The van der Waals surface area contributed by atoms with Crippen molar-refractivity contribution in [3.8, 4) is 0 Å². The van der Waals surface area contributed by atoms with E-state index in [4.69, 9.17) is 16.3 Å². The van der Waals surface area contributed by atoms with Gasteiger partial charge in [0.2, 0.25) is 0 Å². The molecule has 0 aliphatic carbocycles. The molecule has 0 bridgehead atoms. The van der Waals surface area contributed by atoms with Gasteiger partial charge in [-0.1, -0.05) is 35.9 Å². The maximum atomic E-state index is 13.2. The lowest BCUT2D eigenvalue weighted by atomic mass is 10.1. The summed E-state index contributed by atoms with van der Waals surface area (Å²) in [6.07, 6.45) is 0. The zero-order valence-electron chi connectivity index (χ0n) is 14.9. The van der Waals surface area contributed by atoms with Crippen LogP contribution in [-0.4, -0.2) is 30.4 Å². The third-order valence-corrected chi connectivity index (χ3v) is 4.74. The van der Waals surface area contributed by atoms with Gasteiger partial charge in [-0.15, -0.1) is 0 Å². The van der Waals surface area contributed by atoms with Crippen LogP contribution in [0.1, 0.15) is 6.92 Å². The average Bonchev–Trinajstić information content (AvgIpc) is 3.20. The number of ether oxygens (including phenoxy) is 1. The number of carbonyl (C=O) groups is 3. The molecule has 0 unspecified atom stereocenters. The molecule has 2 aromatic rings. The van der Waals surface area contributed by atoms with E-state index in [0.717, 1.165) is 4.90 Å². The topological polar surface area (TPSA) is 79.0 Å². The third-order valence-electron chi connectivity index (χ3n) is 4.50. The Bertz CT molecular complexity index is 1010. The smallest absolute Gasteiger partial charge is 0.356 e. The quantitative estimate of drug-likeness (QED) is 0.630. The molecule has 2 aromatic carbocycles. The number of carbonyl (C=O) groups excluding carboxylic acids is 3. The fourth-order valence-corrected chi connectivity index (χ4v) is 3.52. The Hall–Kier alpha value is -3.32. The van der Waals surface area contributed by atoms with E-state index >= 15 is 0 Å². The van der Waals surface area contributed by atoms with Crippen LogP contribution in [0.25, 0.3) is 0 Å². The van der Waals surface area contributed by atoms with E-state index in [-0.39, 0.29) is 17.9 Å². The van der Waals surface area contributed by atoms with Crippen LogP contribution in [-0.2, 0) is 19.1 Å². The zero-order valence-corrected chi connectivity index (χ0v) is 15.6. The first-order valence-electron chi connectivity index (χ1n) is 8.69. The van der Waals surface area contributed by atoms with Crippen molar-refractivity contribution in [1.29, 1.82) is 0 Å². The van der Waals surface area contributed by atoms with Gasteiger partial charge < -0.3 is 4.74 Å². The van der Waals surface area contributed by atoms with Gasteiger partial charge in [-0.05, 0) is 37.3 Å². The van der Waals surface area contributed by atoms with Crippen molar-refractivity contribution < 1.29 is 19.1 Å². The molecule has 1 fully saturated rings. The Balaban J connectivity index is 1.82. The first-order valence-corrected chi connectivity index (χ1v) is 9.06. The Morgan fingerprint density at radius 1 is 1.11 bits per heavy atom. The van der Waals surface area contributed by atoms with Crippen LogP contribution in [0.3, 0.4) is 0 Å². The van der Waals surface area contributed by atoms with Crippen molar-refractivity contribution in [3.63, 3.8) is 0 Å². The first kappa shape index (κ1) is 18.1. The van der Waals surface area contributed by atoms with Crippen LogP contribution in [0.5, 0.6) is 0 Å². The van der Waals surface area contributed by atoms with E-state index < -0.39 is 23.8 Å². The Labute approximate surface area is 166 Å². The van der Waals surface area contributed by atoms with Gasteiger partial charge in [0, 0.05) is 5.02 Å². The number of nitrogens with zero attached hydrogens (tertiary/aromatic N) is 2. The number of nitrogens with one attached hydrogen (secondary N) is 1.